The highest BCUT2D eigenvalue weighted by Crippen LogP contribution is 2.44. The molecule has 5 aromatic carbocycles. The van der Waals surface area contributed by atoms with Crippen LogP contribution < -0.4 is 0 Å². The molecule has 0 spiro atoms. The first-order chi connectivity index (χ1) is 19.2. The van der Waals surface area contributed by atoms with Crippen molar-refractivity contribution >= 4 is 44.4 Å². The van der Waals surface area contributed by atoms with E-state index in [-0.39, 0.29) is 5.75 Å². The summed E-state index contributed by atoms with van der Waals surface area (Å²) in [5.41, 5.74) is 7.60. The Labute approximate surface area is 239 Å². The van der Waals surface area contributed by atoms with Crippen LogP contribution in [0.15, 0.2) is 127 Å². The molecular weight excluding hydrogens is 593 g/mol. The highest BCUT2D eigenvalue weighted by atomic mass is 127. The predicted molar refractivity (Wildman–Crippen MR) is 167 cm³/mol. The van der Waals surface area contributed by atoms with Crippen LogP contribution in [0.2, 0.25) is 0 Å². The quantitative estimate of drug-likeness (QED) is 0.201. The Morgan fingerprint density at radius 2 is 1.08 bits per heavy atom. The number of para-hydroxylation sites is 1. The van der Waals surface area contributed by atoms with Gasteiger partial charge in [0.15, 0.2) is 0 Å². The van der Waals surface area contributed by atoms with E-state index in [9.17, 15) is 5.11 Å². The van der Waals surface area contributed by atoms with Crippen LogP contribution in [-0.4, -0.2) is 19.6 Å². The summed E-state index contributed by atoms with van der Waals surface area (Å²) in [5.74, 6) is 0.787. The fraction of sp³-hybridized carbons (Fsp3) is 0. The molecule has 39 heavy (non-hydrogen) atoms. The summed E-state index contributed by atoms with van der Waals surface area (Å²) >= 11 is 2.25. The molecule has 0 bridgehead atoms. The van der Waals surface area contributed by atoms with Crippen molar-refractivity contribution in [3.8, 4) is 45.3 Å². The van der Waals surface area contributed by atoms with Gasteiger partial charge in [-0.25, -0.2) is 9.97 Å². The van der Waals surface area contributed by atoms with Crippen molar-refractivity contribution in [2.75, 3.05) is 0 Å². The average Bonchev–Trinajstić information content (AvgIpc) is 3.32. The Balaban J connectivity index is 1.60. The number of aromatic nitrogens is 3. The van der Waals surface area contributed by atoms with E-state index in [0.717, 1.165) is 59.0 Å². The van der Waals surface area contributed by atoms with Crippen LogP contribution in [0.25, 0.3) is 61.4 Å². The monoisotopic (exact) mass is 615 g/mol. The van der Waals surface area contributed by atoms with E-state index in [0.29, 0.717) is 5.95 Å². The molecule has 4 nitrogen and oxygen atoms in total. The minimum absolute atomic E-state index is 0.230. The maximum Gasteiger partial charge on any atom is 0.235 e. The van der Waals surface area contributed by atoms with Crippen LogP contribution in [0.4, 0.5) is 0 Å². The number of hydrogen-bond acceptors (Lipinski definition) is 3. The zero-order chi connectivity index (χ0) is 26.3. The molecule has 0 amide bonds. The predicted octanol–water partition coefficient (Wildman–Crippen LogP) is 8.88. The molecule has 1 N–H and O–H groups in total. The summed E-state index contributed by atoms with van der Waals surface area (Å²) in [6.07, 6.45) is 0. The molecule has 2 aromatic heterocycles. The number of benzene rings is 5. The largest absolute Gasteiger partial charge is 0.507 e. The maximum absolute atomic E-state index is 11.2. The lowest BCUT2D eigenvalue weighted by atomic mass is 9.99. The van der Waals surface area contributed by atoms with E-state index in [2.05, 4.69) is 81.8 Å². The van der Waals surface area contributed by atoms with Gasteiger partial charge in [0, 0.05) is 33.5 Å². The molecular formula is C34H22IN3O. The number of fused-ring (bicyclic) bond motifs is 3. The second kappa shape index (κ2) is 9.67. The van der Waals surface area contributed by atoms with E-state index < -0.39 is 0 Å². The van der Waals surface area contributed by atoms with Crippen molar-refractivity contribution in [3.63, 3.8) is 0 Å². The van der Waals surface area contributed by atoms with Crippen molar-refractivity contribution in [2.45, 2.75) is 0 Å². The van der Waals surface area contributed by atoms with Gasteiger partial charge >= 0.3 is 0 Å². The maximum atomic E-state index is 11.2. The Bertz CT molecular complexity index is 1910. The molecule has 186 valence electrons. The number of rotatable bonds is 4. The van der Waals surface area contributed by atoms with Crippen LogP contribution in [0.3, 0.4) is 0 Å². The molecule has 5 heteroatoms. The standard InChI is InChI=1S/C34H22IN3O/c35-33-30(39)21-29-32(31(33)24-16-8-3-9-17-24)25-18-10-11-19-28(25)38(29)34-36-26(22-12-4-1-5-13-22)20-27(37-34)23-14-6-2-7-15-23/h1-21,39H. The highest BCUT2D eigenvalue weighted by molar-refractivity contribution is 14.1. The van der Waals surface area contributed by atoms with Gasteiger partial charge in [-0.1, -0.05) is 109 Å². The lowest BCUT2D eigenvalue weighted by molar-refractivity contribution is 0.472. The van der Waals surface area contributed by atoms with E-state index in [1.165, 1.54) is 0 Å². The summed E-state index contributed by atoms with van der Waals surface area (Å²) < 4.78 is 2.89. The Morgan fingerprint density at radius 3 is 1.67 bits per heavy atom. The van der Waals surface area contributed by atoms with Crippen molar-refractivity contribution in [3.05, 3.63) is 131 Å². The number of aromatic hydroxyl groups is 1. The third kappa shape index (κ3) is 4.06. The molecule has 7 aromatic rings. The topological polar surface area (TPSA) is 50.9 Å². The summed E-state index contributed by atoms with van der Waals surface area (Å²) in [6, 6.07) is 42.8. The van der Waals surface area contributed by atoms with E-state index in [1.807, 2.05) is 72.8 Å². The Morgan fingerprint density at radius 1 is 0.564 bits per heavy atom. The third-order valence-corrected chi connectivity index (χ3v) is 8.09. The normalized spacial score (nSPS) is 11.3. The SMILES string of the molecule is Oc1cc2c(c(-c3ccccc3)c1I)c1ccccc1n2-c1nc(-c2ccccc2)cc(-c2ccccc2)n1. The molecule has 0 saturated heterocycles. The summed E-state index contributed by atoms with van der Waals surface area (Å²) in [6.45, 7) is 0. The van der Waals surface area contributed by atoms with Gasteiger partial charge in [-0.2, -0.15) is 0 Å². The molecule has 0 aliphatic carbocycles. The second-order valence-corrected chi connectivity index (χ2v) is 10.4. The lowest BCUT2D eigenvalue weighted by Gasteiger charge is -2.13. The number of halogens is 1. The first-order valence-corrected chi connectivity index (χ1v) is 13.8. The van der Waals surface area contributed by atoms with Gasteiger partial charge in [-0.3, -0.25) is 4.57 Å². The minimum atomic E-state index is 0.230. The molecule has 0 aliphatic rings. The molecule has 0 radical (unpaired) electrons. The van der Waals surface area contributed by atoms with Crippen LogP contribution in [-0.2, 0) is 0 Å². The van der Waals surface area contributed by atoms with Gasteiger partial charge in [0.05, 0.1) is 26.0 Å². The smallest absolute Gasteiger partial charge is 0.235 e. The molecule has 7 rings (SSSR count). The summed E-state index contributed by atoms with van der Waals surface area (Å²) in [5, 5.41) is 13.3. The Hall–Kier alpha value is -4.49. The van der Waals surface area contributed by atoms with Gasteiger partial charge in [0.25, 0.3) is 0 Å². The zero-order valence-electron chi connectivity index (χ0n) is 20.8. The first-order valence-electron chi connectivity index (χ1n) is 12.7. The van der Waals surface area contributed by atoms with Crippen LogP contribution in [0, 0.1) is 3.57 Å². The minimum Gasteiger partial charge on any atom is -0.507 e. The van der Waals surface area contributed by atoms with Crippen molar-refractivity contribution < 1.29 is 5.11 Å². The van der Waals surface area contributed by atoms with E-state index in [4.69, 9.17) is 9.97 Å². The number of nitrogens with zero attached hydrogens (tertiary/aromatic N) is 3. The first kappa shape index (κ1) is 23.6. The van der Waals surface area contributed by atoms with Crippen molar-refractivity contribution in [1.82, 2.24) is 14.5 Å². The van der Waals surface area contributed by atoms with Gasteiger partial charge in [-0.05, 0) is 40.3 Å². The molecule has 0 saturated carbocycles. The fourth-order valence-corrected chi connectivity index (χ4v) is 5.97. The molecule has 0 aliphatic heterocycles. The molecule has 0 fully saturated rings. The van der Waals surface area contributed by atoms with Gasteiger partial charge in [0.1, 0.15) is 5.75 Å². The molecule has 2 heterocycles. The summed E-state index contributed by atoms with van der Waals surface area (Å²) in [7, 11) is 0. The average molecular weight is 615 g/mol. The van der Waals surface area contributed by atoms with Gasteiger partial charge < -0.3 is 5.11 Å². The molecule has 0 unspecified atom stereocenters. The Kier molecular flexibility index (Phi) is 5.86. The highest BCUT2D eigenvalue weighted by Gasteiger charge is 2.22. The number of hydrogen-bond donors (Lipinski definition) is 1. The van der Waals surface area contributed by atoms with Crippen LogP contribution in [0.1, 0.15) is 0 Å². The summed E-state index contributed by atoms with van der Waals surface area (Å²) in [4.78, 5) is 10.2. The number of phenols is 1. The van der Waals surface area contributed by atoms with Crippen LogP contribution in [0.5, 0.6) is 5.75 Å². The number of phenolic OH excluding ortho intramolecular Hbond substituents is 1. The van der Waals surface area contributed by atoms with Crippen LogP contribution >= 0.6 is 22.6 Å². The lowest BCUT2D eigenvalue weighted by Crippen LogP contribution is -2.04. The zero-order valence-corrected chi connectivity index (χ0v) is 22.9. The van der Waals surface area contributed by atoms with Gasteiger partial charge in [0.2, 0.25) is 5.95 Å². The van der Waals surface area contributed by atoms with Crippen molar-refractivity contribution in [2.24, 2.45) is 0 Å². The second-order valence-electron chi connectivity index (χ2n) is 9.37. The van der Waals surface area contributed by atoms with E-state index >= 15 is 0 Å². The van der Waals surface area contributed by atoms with Crippen molar-refractivity contribution in [1.29, 1.82) is 0 Å². The van der Waals surface area contributed by atoms with E-state index in [1.54, 1.807) is 0 Å². The van der Waals surface area contributed by atoms with Gasteiger partial charge in [-0.15, -0.1) is 0 Å². The fourth-order valence-electron chi connectivity index (χ4n) is 5.23. The third-order valence-electron chi connectivity index (χ3n) is 7.00. The molecule has 0 atom stereocenters.